The highest BCUT2D eigenvalue weighted by Gasteiger charge is 2.31. The fourth-order valence-corrected chi connectivity index (χ4v) is 2.16. The highest BCUT2D eigenvalue weighted by molar-refractivity contribution is 5.68. The van der Waals surface area contributed by atoms with Gasteiger partial charge in [0.15, 0.2) is 0 Å². The van der Waals surface area contributed by atoms with Crippen LogP contribution in [0.25, 0.3) is 0 Å². The van der Waals surface area contributed by atoms with Gasteiger partial charge in [-0.2, -0.15) is 5.26 Å². The molecule has 0 N–H and O–H groups in total. The highest BCUT2D eigenvalue weighted by atomic mass is 16.6. The Labute approximate surface area is 125 Å². The molecule has 1 amide bonds. The van der Waals surface area contributed by atoms with Crippen LogP contribution in [0.5, 0.6) is 5.75 Å². The number of carbonyl (C=O) groups excluding carboxylic acids is 1. The van der Waals surface area contributed by atoms with Crippen molar-refractivity contribution in [2.45, 2.75) is 38.9 Å². The summed E-state index contributed by atoms with van der Waals surface area (Å²) in [5, 5.41) is 9.05. The van der Waals surface area contributed by atoms with E-state index in [1.54, 1.807) is 23.1 Å². The number of ether oxygens (including phenoxy) is 2. The summed E-state index contributed by atoms with van der Waals surface area (Å²) in [6.45, 7) is 6.62. The smallest absolute Gasteiger partial charge is 0.410 e. The van der Waals surface area contributed by atoms with Gasteiger partial charge in [0.05, 0.1) is 12.1 Å². The number of amides is 1. The number of carbonyl (C=O) groups is 1. The quantitative estimate of drug-likeness (QED) is 0.839. The molecule has 112 valence electrons. The zero-order valence-corrected chi connectivity index (χ0v) is 12.6. The molecule has 1 aromatic carbocycles. The third kappa shape index (κ3) is 4.12. The number of likely N-dealkylation sites (tertiary alicyclic amines) is 1. The van der Waals surface area contributed by atoms with E-state index in [9.17, 15) is 4.79 Å². The van der Waals surface area contributed by atoms with Crippen molar-refractivity contribution in [3.05, 3.63) is 29.8 Å². The second kappa shape index (κ2) is 6.04. The van der Waals surface area contributed by atoms with E-state index in [0.717, 1.165) is 6.42 Å². The van der Waals surface area contributed by atoms with Gasteiger partial charge in [-0.1, -0.05) is 12.1 Å². The van der Waals surface area contributed by atoms with Gasteiger partial charge >= 0.3 is 6.09 Å². The molecule has 21 heavy (non-hydrogen) atoms. The van der Waals surface area contributed by atoms with Crippen LogP contribution in [0.2, 0.25) is 0 Å². The van der Waals surface area contributed by atoms with Crippen LogP contribution in [0.4, 0.5) is 4.79 Å². The van der Waals surface area contributed by atoms with E-state index in [2.05, 4.69) is 6.07 Å². The number of hydrogen-bond donors (Lipinski definition) is 0. The van der Waals surface area contributed by atoms with Crippen LogP contribution in [0.3, 0.4) is 0 Å². The summed E-state index contributed by atoms with van der Waals surface area (Å²) in [6, 6.07) is 9.22. The van der Waals surface area contributed by atoms with Crippen LogP contribution >= 0.6 is 0 Å². The van der Waals surface area contributed by atoms with Gasteiger partial charge in [-0.15, -0.1) is 0 Å². The molecule has 1 aromatic rings. The minimum Gasteiger partial charge on any atom is -0.487 e. The zero-order valence-electron chi connectivity index (χ0n) is 12.6. The summed E-state index contributed by atoms with van der Waals surface area (Å²) in [6.07, 6.45) is 0.313. The molecule has 1 aliphatic heterocycles. The molecule has 1 heterocycles. The van der Waals surface area contributed by atoms with Crippen molar-refractivity contribution in [3.63, 3.8) is 0 Å². The maximum atomic E-state index is 12.0. The fraction of sp³-hybridized carbons (Fsp3) is 0.500. The Kier molecular flexibility index (Phi) is 4.37. The molecule has 5 nitrogen and oxygen atoms in total. The zero-order chi connectivity index (χ0) is 15.5. The third-order valence-electron chi connectivity index (χ3n) is 3.10. The SMILES string of the molecule is CC(C)(C)OC(=O)N1CC[C@@H](Oc2ccccc2C#N)C1. The average Bonchev–Trinajstić information content (AvgIpc) is 2.86. The lowest BCUT2D eigenvalue weighted by atomic mass is 10.2. The van der Waals surface area contributed by atoms with Crippen molar-refractivity contribution < 1.29 is 14.3 Å². The van der Waals surface area contributed by atoms with Crippen LogP contribution in [0.1, 0.15) is 32.8 Å². The Hall–Kier alpha value is -2.22. The molecule has 1 fully saturated rings. The highest BCUT2D eigenvalue weighted by Crippen LogP contribution is 2.23. The number of nitriles is 1. The van der Waals surface area contributed by atoms with Gasteiger partial charge in [-0.25, -0.2) is 4.79 Å². The van der Waals surface area contributed by atoms with Crippen LogP contribution < -0.4 is 4.74 Å². The molecule has 0 radical (unpaired) electrons. The second-order valence-electron chi connectivity index (χ2n) is 6.06. The summed E-state index contributed by atoms with van der Waals surface area (Å²) < 4.78 is 11.2. The first-order valence-electron chi connectivity index (χ1n) is 7.03. The van der Waals surface area contributed by atoms with Gasteiger partial charge in [0.25, 0.3) is 0 Å². The summed E-state index contributed by atoms with van der Waals surface area (Å²) in [5.41, 5.74) is 0.0110. The standard InChI is InChI=1S/C16H20N2O3/c1-16(2,3)21-15(19)18-9-8-13(11-18)20-14-7-5-4-6-12(14)10-17/h4-7,13H,8-9,11H2,1-3H3/t13-/m1/s1. The first-order chi connectivity index (χ1) is 9.89. The van der Waals surface area contributed by atoms with Gasteiger partial charge in [0.2, 0.25) is 0 Å². The number of para-hydroxylation sites is 1. The van der Waals surface area contributed by atoms with Crippen molar-refractivity contribution in [2.24, 2.45) is 0 Å². The third-order valence-corrected chi connectivity index (χ3v) is 3.10. The Morgan fingerprint density at radius 3 is 2.76 bits per heavy atom. The predicted molar refractivity (Wildman–Crippen MR) is 78.0 cm³/mol. The van der Waals surface area contributed by atoms with Gasteiger partial charge < -0.3 is 14.4 Å². The van der Waals surface area contributed by atoms with Gasteiger partial charge in [0, 0.05) is 13.0 Å². The van der Waals surface area contributed by atoms with Gasteiger partial charge in [-0.05, 0) is 32.9 Å². The van der Waals surface area contributed by atoms with E-state index in [1.165, 1.54) is 0 Å². The molecule has 0 bridgehead atoms. The van der Waals surface area contributed by atoms with E-state index in [1.807, 2.05) is 26.8 Å². The fourth-order valence-electron chi connectivity index (χ4n) is 2.16. The molecule has 5 heteroatoms. The lowest BCUT2D eigenvalue weighted by Gasteiger charge is -2.24. The molecule has 1 saturated heterocycles. The molecular weight excluding hydrogens is 268 g/mol. The molecule has 2 rings (SSSR count). The minimum atomic E-state index is -0.497. The van der Waals surface area contributed by atoms with Crippen molar-refractivity contribution in [3.8, 4) is 11.8 Å². The summed E-state index contributed by atoms with van der Waals surface area (Å²) >= 11 is 0. The van der Waals surface area contributed by atoms with Crippen LogP contribution in [-0.4, -0.2) is 35.8 Å². The first kappa shape index (κ1) is 15.2. The largest absolute Gasteiger partial charge is 0.487 e. The Balaban J connectivity index is 1.94. The summed E-state index contributed by atoms with van der Waals surface area (Å²) in [4.78, 5) is 13.6. The van der Waals surface area contributed by atoms with Crippen molar-refractivity contribution in [1.82, 2.24) is 4.90 Å². The summed E-state index contributed by atoms with van der Waals surface area (Å²) in [7, 11) is 0. The van der Waals surface area contributed by atoms with Crippen LogP contribution in [-0.2, 0) is 4.74 Å². The molecule has 0 saturated carbocycles. The molecule has 0 aliphatic carbocycles. The topological polar surface area (TPSA) is 62.6 Å². The molecule has 0 aromatic heterocycles. The Morgan fingerprint density at radius 2 is 2.10 bits per heavy atom. The van der Waals surface area contributed by atoms with Crippen molar-refractivity contribution >= 4 is 6.09 Å². The van der Waals surface area contributed by atoms with Gasteiger partial charge in [-0.3, -0.25) is 0 Å². The number of hydrogen-bond acceptors (Lipinski definition) is 4. The molecule has 1 aliphatic rings. The molecule has 0 spiro atoms. The monoisotopic (exact) mass is 288 g/mol. The lowest BCUT2D eigenvalue weighted by Crippen LogP contribution is -2.36. The number of nitrogens with zero attached hydrogens (tertiary/aromatic N) is 2. The van der Waals surface area contributed by atoms with E-state index in [-0.39, 0.29) is 12.2 Å². The van der Waals surface area contributed by atoms with Crippen LogP contribution in [0, 0.1) is 11.3 Å². The van der Waals surface area contributed by atoms with E-state index in [0.29, 0.717) is 24.4 Å². The number of rotatable bonds is 2. The molecular formula is C16H20N2O3. The van der Waals surface area contributed by atoms with Crippen LogP contribution in [0.15, 0.2) is 24.3 Å². The number of benzene rings is 1. The maximum Gasteiger partial charge on any atom is 0.410 e. The first-order valence-corrected chi connectivity index (χ1v) is 7.03. The molecule has 1 atom stereocenters. The Bertz CT molecular complexity index is 557. The normalized spacial score (nSPS) is 18.2. The minimum absolute atomic E-state index is 0.105. The van der Waals surface area contributed by atoms with Crippen molar-refractivity contribution in [1.29, 1.82) is 5.26 Å². The van der Waals surface area contributed by atoms with E-state index < -0.39 is 5.60 Å². The lowest BCUT2D eigenvalue weighted by molar-refractivity contribution is 0.0275. The summed E-state index contributed by atoms with van der Waals surface area (Å²) in [5.74, 6) is 0.566. The van der Waals surface area contributed by atoms with E-state index >= 15 is 0 Å². The van der Waals surface area contributed by atoms with E-state index in [4.69, 9.17) is 14.7 Å². The second-order valence-corrected chi connectivity index (χ2v) is 6.06. The van der Waals surface area contributed by atoms with Crippen molar-refractivity contribution in [2.75, 3.05) is 13.1 Å². The maximum absolute atomic E-state index is 12.0. The molecule has 0 unspecified atom stereocenters. The Morgan fingerprint density at radius 1 is 1.38 bits per heavy atom. The predicted octanol–water partition coefficient (Wildman–Crippen LogP) is 2.95. The average molecular weight is 288 g/mol. The van der Waals surface area contributed by atoms with Gasteiger partial charge in [0.1, 0.15) is 23.5 Å².